The minimum absolute atomic E-state index is 0.213. The molecule has 1 heterocycles. The fourth-order valence-corrected chi connectivity index (χ4v) is 3.63. The minimum Gasteiger partial charge on any atom is -0.466 e. The van der Waals surface area contributed by atoms with Gasteiger partial charge in [0, 0.05) is 33.2 Å². The highest BCUT2D eigenvalue weighted by Gasteiger charge is 2.34. The van der Waals surface area contributed by atoms with Gasteiger partial charge in [0.15, 0.2) is 0 Å². The summed E-state index contributed by atoms with van der Waals surface area (Å²) in [5.74, 6) is -0.651. The minimum atomic E-state index is -3.50. The molecule has 0 aromatic heterocycles. The molecule has 0 aromatic carbocycles. The zero-order valence-corrected chi connectivity index (χ0v) is 13.3. The number of likely N-dealkylation sites (N-methyl/N-ethyl adjacent to an activating group) is 2. The molecule has 1 fully saturated rings. The molecule has 1 saturated heterocycles. The van der Waals surface area contributed by atoms with Gasteiger partial charge in [-0.2, -0.15) is 17.0 Å². The van der Waals surface area contributed by atoms with Gasteiger partial charge in [-0.1, -0.05) is 0 Å². The maximum absolute atomic E-state index is 12.4. The molecule has 1 atom stereocenters. The topological polar surface area (TPSA) is 79.0 Å². The highest BCUT2D eigenvalue weighted by atomic mass is 32.2. The fraction of sp³-hybridized carbons (Fsp3) is 0.917. The first-order valence-corrected chi connectivity index (χ1v) is 8.35. The van der Waals surface area contributed by atoms with Crippen LogP contribution in [0.2, 0.25) is 0 Å². The van der Waals surface area contributed by atoms with Gasteiger partial charge in [0.05, 0.1) is 12.5 Å². The predicted molar refractivity (Wildman–Crippen MR) is 76.4 cm³/mol. The number of carbonyl (C=O) groups excluding carboxylic acids is 1. The van der Waals surface area contributed by atoms with Crippen LogP contribution in [-0.2, 0) is 19.7 Å². The second-order valence-corrected chi connectivity index (χ2v) is 6.92. The molecule has 1 N–H and O–H groups in total. The summed E-state index contributed by atoms with van der Waals surface area (Å²) < 4.78 is 32.5. The Kier molecular flexibility index (Phi) is 6.87. The molecule has 0 bridgehead atoms. The van der Waals surface area contributed by atoms with Gasteiger partial charge >= 0.3 is 5.97 Å². The quantitative estimate of drug-likeness (QED) is 0.651. The summed E-state index contributed by atoms with van der Waals surface area (Å²) >= 11 is 0. The van der Waals surface area contributed by atoms with Crippen LogP contribution >= 0.6 is 0 Å². The maximum Gasteiger partial charge on any atom is 0.310 e. The normalized spacial score (nSPS) is 21.1. The largest absolute Gasteiger partial charge is 0.466 e. The van der Waals surface area contributed by atoms with E-state index < -0.39 is 10.2 Å². The number of ether oxygens (including phenoxy) is 1. The van der Waals surface area contributed by atoms with Gasteiger partial charge in [-0.3, -0.25) is 4.79 Å². The van der Waals surface area contributed by atoms with Crippen molar-refractivity contribution < 1.29 is 17.9 Å². The number of hydrogen-bond acceptors (Lipinski definition) is 5. The van der Waals surface area contributed by atoms with Gasteiger partial charge in [-0.05, 0) is 26.8 Å². The molecule has 8 heteroatoms. The summed E-state index contributed by atoms with van der Waals surface area (Å²) in [4.78, 5) is 11.7. The molecule has 20 heavy (non-hydrogen) atoms. The number of nitrogens with zero attached hydrogens (tertiary/aromatic N) is 2. The molecule has 0 aromatic rings. The lowest BCUT2D eigenvalue weighted by Gasteiger charge is -2.33. The van der Waals surface area contributed by atoms with Crippen molar-refractivity contribution in [2.75, 3.05) is 46.9 Å². The van der Waals surface area contributed by atoms with Gasteiger partial charge in [0.25, 0.3) is 10.2 Å². The molecule has 0 radical (unpaired) electrons. The van der Waals surface area contributed by atoms with Crippen molar-refractivity contribution in [3.05, 3.63) is 0 Å². The molecule has 0 saturated carbocycles. The maximum atomic E-state index is 12.4. The van der Waals surface area contributed by atoms with Gasteiger partial charge in [-0.15, -0.1) is 0 Å². The van der Waals surface area contributed by atoms with Crippen LogP contribution in [-0.4, -0.2) is 69.9 Å². The number of carbonyl (C=O) groups is 1. The number of nitrogens with one attached hydrogen (secondary N) is 1. The van der Waals surface area contributed by atoms with Crippen LogP contribution < -0.4 is 5.32 Å². The van der Waals surface area contributed by atoms with Crippen LogP contribution in [0.25, 0.3) is 0 Å². The van der Waals surface area contributed by atoms with Crippen molar-refractivity contribution in [3.8, 4) is 0 Å². The summed E-state index contributed by atoms with van der Waals surface area (Å²) in [6.07, 6.45) is 1.37. The molecule has 1 aliphatic rings. The summed E-state index contributed by atoms with van der Waals surface area (Å²) in [7, 11) is -0.165. The average molecular weight is 307 g/mol. The van der Waals surface area contributed by atoms with E-state index in [4.69, 9.17) is 4.74 Å². The number of piperidine rings is 1. The van der Waals surface area contributed by atoms with E-state index in [-0.39, 0.29) is 18.4 Å². The molecule has 118 valence electrons. The predicted octanol–water partition coefficient (Wildman–Crippen LogP) is -0.342. The summed E-state index contributed by atoms with van der Waals surface area (Å²) in [5.41, 5.74) is 0. The summed E-state index contributed by atoms with van der Waals surface area (Å²) in [6.45, 7) is 3.74. The Morgan fingerprint density at radius 3 is 2.80 bits per heavy atom. The lowest BCUT2D eigenvalue weighted by Crippen LogP contribution is -2.49. The van der Waals surface area contributed by atoms with E-state index in [9.17, 15) is 13.2 Å². The Labute approximate surface area is 121 Å². The monoisotopic (exact) mass is 307 g/mol. The Bertz CT molecular complexity index is 413. The van der Waals surface area contributed by atoms with Crippen molar-refractivity contribution >= 4 is 16.2 Å². The molecule has 0 spiro atoms. The van der Waals surface area contributed by atoms with Crippen molar-refractivity contribution in [1.29, 1.82) is 0 Å². The third-order valence-electron chi connectivity index (χ3n) is 3.40. The van der Waals surface area contributed by atoms with Crippen LogP contribution in [0.15, 0.2) is 0 Å². The number of rotatable bonds is 7. The zero-order chi connectivity index (χ0) is 15.2. The van der Waals surface area contributed by atoms with Crippen molar-refractivity contribution in [2.45, 2.75) is 19.8 Å². The van der Waals surface area contributed by atoms with Crippen molar-refractivity contribution in [3.63, 3.8) is 0 Å². The SMILES string of the molecule is CCOC(=O)C1CCCN(S(=O)(=O)N(C)CCNC)C1. The molecular weight excluding hydrogens is 282 g/mol. The number of esters is 1. The average Bonchev–Trinajstić information content (AvgIpc) is 2.45. The lowest BCUT2D eigenvalue weighted by atomic mass is 10.0. The van der Waals surface area contributed by atoms with E-state index in [1.165, 1.54) is 8.61 Å². The fourth-order valence-electron chi connectivity index (χ4n) is 2.19. The second-order valence-electron chi connectivity index (χ2n) is 4.88. The standard InChI is InChI=1S/C12H25N3O4S/c1-4-19-12(16)11-6-5-8-15(10-11)20(17,18)14(3)9-7-13-2/h11,13H,4-10H2,1-3H3. The number of hydrogen-bond donors (Lipinski definition) is 1. The Balaban J connectivity index is 2.67. The van der Waals surface area contributed by atoms with Gasteiger partial charge < -0.3 is 10.1 Å². The molecule has 7 nitrogen and oxygen atoms in total. The molecule has 1 unspecified atom stereocenters. The van der Waals surface area contributed by atoms with E-state index in [1.807, 2.05) is 0 Å². The Morgan fingerprint density at radius 1 is 1.50 bits per heavy atom. The summed E-state index contributed by atoms with van der Waals surface area (Å²) in [6, 6.07) is 0. The van der Waals surface area contributed by atoms with E-state index in [0.29, 0.717) is 39.1 Å². The summed E-state index contributed by atoms with van der Waals surface area (Å²) in [5, 5.41) is 2.92. The van der Waals surface area contributed by atoms with Crippen LogP contribution in [0.5, 0.6) is 0 Å². The van der Waals surface area contributed by atoms with Crippen molar-refractivity contribution in [2.24, 2.45) is 5.92 Å². The third kappa shape index (κ3) is 4.41. The van der Waals surface area contributed by atoms with Crippen LogP contribution in [0.3, 0.4) is 0 Å². The molecule has 0 amide bonds. The molecular formula is C12H25N3O4S. The van der Waals surface area contributed by atoms with Gasteiger partial charge in [0.1, 0.15) is 0 Å². The smallest absolute Gasteiger partial charge is 0.310 e. The second kappa shape index (κ2) is 7.92. The van der Waals surface area contributed by atoms with Crippen molar-refractivity contribution in [1.82, 2.24) is 13.9 Å². The highest BCUT2D eigenvalue weighted by molar-refractivity contribution is 7.86. The van der Waals surface area contributed by atoms with E-state index in [0.717, 1.165) is 0 Å². The van der Waals surface area contributed by atoms with E-state index in [2.05, 4.69) is 5.32 Å². The van der Waals surface area contributed by atoms with Crippen LogP contribution in [0.1, 0.15) is 19.8 Å². The molecule has 1 rings (SSSR count). The molecule has 0 aliphatic carbocycles. The van der Waals surface area contributed by atoms with Crippen LogP contribution in [0, 0.1) is 5.92 Å². The zero-order valence-electron chi connectivity index (χ0n) is 12.5. The Morgan fingerprint density at radius 2 is 2.20 bits per heavy atom. The van der Waals surface area contributed by atoms with Crippen LogP contribution in [0.4, 0.5) is 0 Å². The van der Waals surface area contributed by atoms with E-state index in [1.54, 1.807) is 21.0 Å². The first kappa shape index (κ1) is 17.4. The van der Waals surface area contributed by atoms with Gasteiger partial charge in [0.2, 0.25) is 0 Å². The Hall–Kier alpha value is -0.700. The lowest BCUT2D eigenvalue weighted by molar-refractivity contribution is -0.149. The highest BCUT2D eigenvalue weighted by Crippen LogP contribution is 2.21. The first-order chi connectivity index (χ1) is 9.43. The third-order valence-corrected chi connectivity index (χ3v) is 5.36. The van der Waals surface area contributed by atoms with E-state index >= 15 is 0 Å². The first-order valence-electron chi connectivity index (χ1n) is 6.96. The van der Waals surface area contributed by atoms with Gasteiger partial charge in [-0.25, -0.2) is 0 Å². The molecule has 1 aliphatic heterocycles.